The highest BCUT2D eigenvalue weighted by Crippen LogP contribution is 2.27. The first kappa shape index (κ1) is 14.1. The maximum atomic E-state index is 9.44. The molecule has 1 aromatic rings. The van der Waals surface area contributed by atoms with E-state index < -0.39 is 0 Å². The summed E-state index contributed by atoms with van der Waals surface area (Å²) in [5.41, 5.74) is 2.11. The quantitative estimate of drug-likeness (QED) is 0.738. The molecule has 4 heteroatoms. The minimum absolute atomic E-state index is 0.277. The Hall–Kier alpha value is -1.29. The molecule has 0 saturated heterocycles. The predicted molar refractivity (Wildman–Crippen MR) is 79.5 cm³/mol. The number of aliphatic hydroxyl groups excluding tert-OH is 1. The molecule has 1 aliphatic rings. The molecule has 0 bridgehead atoms. The van der Waals surface area contributed by atoms with Gasteiger partial charge in [0.05, 0.1) is 23.8 Å². The summed E-state index contributed by atoms with van der Waals surface area (Å²) in [7, 11) is 0. The number of aromatic nitrogens is 1. The van der Waals surface area contributed by atoms with Gasteiger partial charge in [-0.05, 0) is 25.3 Å². The summed E-state index contributed by atoms with van der Waals surface area (Å²) in [6, 6.07) is 2.48. The van der Waals surface area contributed by atoms with Crippen molar-refractivity contribution >= 4 is 11.4 Å². The molecule has 2 atom stereocenters. The van der Waals surface area contributed by atoms with Crippen LogP contribution in [0.5, 0.6) is 0 Å². The average Bonchev–Trinajstić information content (AvgIpc) is 2.46. The highest BCUT2D eigenvalue weighted by molar-refractivity contribution is 5.54. The fourth-order valence-corrected chi connectivity index (χ4v) is 2.72. The number of nitrogens with zero attached hydrogens (tertiary/aromatic N) is 1. The van der Waals surface area contributed by atoms with Crippen LogP contribution in [0.2, 0.25) is 0 Å². The van der Waals surface area contributed by atoms with E-state index in [2.05, 4.69) is 28.6 Å². The van der Waals surface area contributed by atoms with Gasteiger partial charge >= 0.3 is 0 Å². The first-order valence-corrected chi connectivity index (χ1v) is 7.39. The molecule has 1 saturated carbocycles. The molecule has 1 aliphatic carbocycles. The van der Waals surface area contributed by atoms with Crippen LogP contribution in [-0.4, -0.2) is 29.3 Å². The van der Waals surface area contributed by atoms with Crippen molar-refractivity contribution in [2.45, 2.75) is 45.1 Å². The van der Waals surface area contributed by atoms with Crippen LogP contribution in [0.4, 0.5) is 11.4 Å². The van der Waals surface area contributed by atoms with Crippen molar-refractivity contribution in [3.8, 4) is 0 Å². The third kappa shape index (κ3) is 4.10. The van der Waals surface area contributed by atoms with E-state index in [0.717, 1.165) is 37.2 Å². The lowest BCUT2D eigenvalue weighted by atomic mass is 9.85. The van der Waals surface area contributed by atoms with Crippen LogP contribution in [-0.2, 0) is 0 Å². The maximum Gasteiger partial charge on any atom is 0.0549 e. The Labute approximate surface area is 115 Å². The molecule has 2 rings (SSSR count). The molecular formula is C15H25N3O. The van der Waals surface area contributed by atoms with E-state index in [-0.39, 0.29) is 6.61 Å². The number of rotatable bonds is 6. The van der Waals surface area contributed by atoms with Crippen molar-refractivity contribution in [3.63, 3.8) is 0 Å². The predicted octanol–water partition coefficient (Wildman–Crippen LogP) is 2.87. The molecule has 1 heterocycles. The molecule has 0 radical (unpaired) electrons. The molecule has 106 valence electrons. The summed E-state index contributed by atoms with van der Waals surface area (Å²) in [5.74, 6) is 0.376. The van der Waals surface area contributed by atoms with Gasteiger partial charge in [-0.3, -0.25) is 4.98 Å². The second kappa shape index (κ2) is 7.34. The van der Waals surface area contributed by atoms with Crippen LogP contribution < -0.4 is 10.6 Å². The average molecular weight is 263 g/mol. The Morgan fingerprint density at radius 2 is 2.05 bits per heavy atom. The third-order valence-corrected chi connectivity index (χ3v) is 3.81. The molecule has 3 N–H and O–H groups in total. The van der Waals surface area contributed by atoms with E-state index in [1.54, 1.807) is 0 Å². The van der Waals surface area contributed by atoms with Gasteiger partial charge in [-0.25, -0.2) is 0 Å². The molecule has 0 aliphatic heterocycles. The van der Waals surface area contributed by atoms with Gasteiger partial charge in [0.1, 0.15) is 0 Å². The highest BCUT2D eigenvalue weighted by Gasteiger charge is 2.24. The van der Waals surface area contributed by atoms with Crippen LogP contribution in [0, 0.1) is 5.92 Å². The highest BCUT2D eigenvalue weighted by atomic mass is 16.3. The summed E-state index contributed by atoms with van der Waals surface area (Å²) < 4.78 is 0. The minimum Gasteiger partial charge on any atom is -0.396 e. The van der Waals surface area contributed by atoms with Crippen molar-refractivity contribution in [2.75, 3.05) is 23.8 Å². The lowest BCUT2D eigenvalue weighted by Crippen LogP contribution is -2.34. The van der Waals surface area contributed by atoms with Crippen LogP contribution in [0.25, 0.3) is 0 Å². The molecule has 0 amide bonds. The Morgan fingerprint density at radius 1 is 1.26 bits per heavy atom. The van der Waals surface area contributed by atoms with E-state index in [4.69, 9.17) is 0 Å². The van der Waals surface area contributed by atoms with Crippen LogP contribution in [0.1, 0.15) is 39.0 Å². The number of hydrogen-bond donors (Lipinski definition) is 3. The number of aliphatic hydroxyl groups is 1. The first-order valence-electron chi connectivity index (χ1n) is 7.39. The van der Waals surface area contributed by atoms with E-state index in [9.17, 15) is 5.11 Å². The Morgan fingerprint density at radius 3 is 2.84 bits per heavy atom. The summed E-state index contributed by atoms with van der Waals surface area (Å²) in [6.07, 6.45) is 9.56. The molecule has 1 aromatic heterocycles. The zero-order valence-corrected chi connectivity index (χ0v) is 11.7. The van der Waals surface area contributed by atoms with Gasteiger partial charge in [-0.2, -0.15) is 0 Å². The van der Waals surface area contributed by atoms with Gasteiger partial charge < -0.3 is 15.7 Å². The summed E-state index contributed by atoms with van der Waals surface area (Å²) >= 11 is 0. The fourth-order valence-electron chi connectivity index (χ4n) is 2.72. The van der Waals surface area contributed by atoms with Gasteiger partial charge in [0.25, 0.3) is 0 Å². The first-order chi connectivity index (χ1) is 9.33. The van der Waals surface area contributed by atoms with Gasteiger partial charge in [0.15, 0.2) is 0 Å². The number of nitrogens with one attached hydrogen (secondary N) is 2. The van der Waals surface area contributed by atoms with E-state index >= 15 is 0 Å². The molecule has 0 aromatic carbocycles. The minimum atomic E-state index is 0.277. The SMILES string of the molecule is CCCNc1cncc(NC2CCCCC2CO)c1. The van der Waals surface area contributed by atoms with Gasteiger partial charge in [0.2, 0.25) is 0 Å². The van der Waals surface area contributed by atoms with E-state index in [0.29, 0.717) is 12.0 Å². The molecule has 0 spiro atoms. The molecule has 4 nitrogen and oxygen atoms in total. The zero-order chi connectivity index (χ0) is 13.5. The molecule has 1 fully saturated rings. The number of pyridine rings is 1. The topological polar surface area (TPSA) is 57.2 Å². The molecule has 19 heavy (non-hydrogen) atoms. The van der Waals surface area contributed by atoms with Gasteiger partial charge in [-0.1, -0.05) is 19.8 Å². The monoisotopic (exact) mass is 263 g/mol. The summed E-state index contributed by atoms with van der Waals surface area (Å²) in [4.78, 5) is 4.27. The fraction of sp³-hybridized carbons (Fsp3) is 0.667. The standard InChI is InChI=1S/C15H25N3O/c1-2-7-17-13-8-14(10-16-9-13)18-15-6-4-3-5-12(15)11-19/h8-10,12,15,17-19H,2-7,11H2,1H3. The summed E-state index contributed by atoms with van der Waals surface area (Å²) in [5, 5.41) is 16.3. The largest absolute Gasteiger partial charge is 0.396 e. The molecule has 2 unspecified atom stereocenters. The van der Waals surface area contributed by atoms with Crippen LogP contribution in [0.15, 0.2) is 18.5 Å². The Balaban J connectivity index is 1.97. The zero-order valence-electron chi connectivity index (χ0n) is 11.7. The maximum absolute atomic E-state index is 9.44. The van der Waals surface area contributed by atoms with Crippen molar-refractivity contribution in [2.24, 2.45) is 5.92 Å². The lowest BCUT2D eigenvalue weighted by Gasteiger charge is -2.31. The second-order valence-corrected chi connectivity index (χ2v) is 5.37. The second-order valence-electron chi connectivity index (χ2n) is 5.37. The third-order valence-electron chi connectivity index (χ3n) is 3.81. The summed E-state index contributed by atoms with van der Waals surface area (Å²) in [6.45, 7) is 3.39. The smallest absolute Gasteiger partial charge is 0.0549 e. The van der Waals surface area contributed by atoms with Gasteiger partial charge in [-0.15, -0.1) is 0 Å². The van der Waals surface area contributed by atoms with Crippen LogP contribution in [0.3, 0.4) is 0 Å². The lowest BCUT2D eigenvalue weighted by molar-refractivity contribution is 0.178. The van der Waals surface area contributed by atoms with Crippen LogP contribution >= 0.6 is 0 Å². The number of hydrogen-bond acceptors (Lipinski definition) is 4. The van der Waals surface area contributed by atoms with E-state index in [1.165, 1.54) is 12.8 Å². The normalized spacial score (nSPS) is 23.1. The van der Waals surface area contributed by atoms with E-state index in [1.807, 2.05) is 12.4 Å². The Bertz CT molecular complexity index is 383. The van der Waals surface area contributed by atoms with Crippen molar-refractivity contribution in [1.29, 1.82) is 0 Å². The molecular weight excluding hydrogens is 238 g/mol. The number of anilines is 2. The Kier molecular flexibility index (Phi) is 5.45. The van der Waals surface area contributed by atoms with Gasteiger partial charge in [0, 0.05) is 25.1 Å². The van der Waals surface area contributed by atoms with Crippen molar-refractivity contribution in [3.05, 3.63) is 18.5 Å². The van der Waals surface area contributed by atoms with Crippen molar-refractivity contribution in [1.82, 2.24) is 4.98 Å². The van der Waals surface area contributed by atoms with Crippen molar-refractivity contribution < 1.29 is 5.11 Å².